The van der Waals surface area contributed by atoms with E-state index in [4.69, 9.17) is 11.6 Å². The Balaban J connectivity index is 1.75. The van der Waals surface area contributed by atoms with E-state index in [0.717, 1.165) is 10.8 Å². The molecule has 0 N–H and O–H groups in total. The third-order valence-electron chi connectivity index (χ3n) is 5.21. The van der Waals surface area contributed by atoms with Gasteiger partial charge in [-0.25, -0.2) is 0 Å². The normalized spacial score (nSPS) is 27.0. The fraction of sp³-hybridized carbons (Fsp3) is 0.550. The molecular weight excluding hydrogens is 338 g/mol. The van der Waals surface area contributed by atoms with E-state index in [9.17, 15) is 4.79 Å². The molecule has 1 aromatic rings. The lowest BCUT2D eigenvalue weighted by atomic mass is 9.75. The number of hydrogen-bond donors (Lipinski definition) is 0. The monoisotopic (exact) mass is 363 g/mol. The summed E-state index contributed by atoms with van der Waals surface area (Å²) in [6.07, 6.45) is 8.13. The number of amides is 1. The first-order valence-corrected chi connectivity index (χ1v) is 10.2. The minimum atomic E-state index is 0.230. The number of allylic oxidation sites excluding steroid dienone is 2. The second-order valence-electron chi connectivity index (χ2n) is 7.18. The van der Waals surface area contributed by atoms with Crippen molar-refractivity contribution in [2.24, 2.45) is 11.8 Å². The predicted octanol–water partition coefficient (Wildman–Crippen LogP) is 5.34. The van der Waals surface area contributed by atoms with Crippen molar-refractivity contribution in [3.05, 3.63) is 45.8 Å². The lowest BCUT2D eigenvalue weighted by Crippen LogP contribution is -2.23. The Hall–Kier alpha value is -0.930. The molecule has 1 aromatic carbocycles. The van der Waals surface area contributed by atoms with Crippen molar-refractivity contribution in [1.29, 1.82) is 0 Å². The zero-order chi connectivity index (χ0) is 17.1. The molecule has 1 aliphatic heterocycles. The maximum Gasteiger partial charge on any atom is 0.222 e. The van der Waals surface area contributed by atoms with Gasteiger partial charge >= 0.3 is 0 Å². The van der Waals surface area contributed by atoms with Crippen molar-refractivity contribution in [3.63, 3.8) is 0 Å². The molecule has 0 spiro atoms. The molecule has 1 aliphatic carbocycles. The van der Waals surface area contributed by atoms with Crippen molar-refractivity contribution < 1.29 is 4.79 Å². The van der Waals surface area contributed by atoms with E-state index in [1.807, 2.05) is 31.9 Å². The minimum absolute atomic E-state index is 0.230. The maximum absolute atomic E-state index is 12.0. The van der Waals surface area contributed by atoms with Gasteiger partial charge in [-0.15, -0.1) is 11.8 Å². The molecule has 24 heavy (non-hydrogen) atoms. The van der Waals surface area contributed by atoms with Gasteiger partial charge in [0.2, 0.25) is 5.91 Å². The maximum atomic E-state index is 12.0. The number of halogens is 1. The minimum Gasteiger partial charge on any atom is -0.349 e. The number of benzene rings is 1. The van der Waals surface area contributed by atoms with Gasteiger partial charge in [-0.3, -0.25) is 4.79 Å². The van der Waals surface area contributed by atoms with Gasteiger partial charge in [-0.05, 0) is 53.2 Å². The summed E-state index contributed by atoms with van der Waals surface area (Å²) >= 11 is 8.19. The summed E-state index contributed by atoms with van der Waals surface area (Å²) < 4.78 is 0. The van der Waals surface area contributed by atoms with Crippen molar-refractivity contribution in [1.82, 2.24) is 4.90 Å². The highest BCUT2D eigenvalue weighted by Gasteiger charge is 2.33. The Bertz CT molecular complexity index is 628. The third kappa shape index (κ3) is 4.18. The van der Waals surface area contributed by atoms with Gasteiger partial charge < -0.3 is 4.90 Å². The lowest BCUT2D eigenvalue weighted by molar-refractivity contribution is -0.129. The zero-order valence-electron chi connectivity index (χ0n) is 14.5. The van der Waals surface area contributed by atoms with Crippen molar-refractivity contribution in [2.75, 3.05) is 19.8 Å². The summed E-state index contributed by atoms with van der Waals surface area (Å²) in [5.74, 6) is 2.84. The smallest absolute Gasteiger partial charge is 0.222 e. The van der Waals surface area contributed by atoms with Gasteiger partial charge in [0, 0.05) is 31.3 Å². The summed E-state index contributed by atoms with van der Waals surface area (Å²) in [5.41, 5.74) is 1.38. The van der Waals surface area contributed by atoms with Gasteiger partial charge in [-0.1, -0.05) is 42.7 Å². The van der Waals surface area contributed by atoms with Crippen LogP contribution in [0.15, 0.2) is 35.2 Å². The zero-order valence-corrected chi connectivity index (χ0v) is 16.1. The fourth-order valence-corrected chi connectivity index (χ4v) is 5.50. The molecule has 1 fully saturated rings. The van der Waals surface area contributed by atoms with Crippen LogP contribution in [0, 0.1) is 11.8 Å². The average Bonchev–Trinajstić information content (AvgIpc) is 3.03. The predicted molar refractivity (Wildman–Crippen MR) is 103 cm³/mol. The largest absolute Gasteiger partial charge is 0.349 e. The van der Waals surface area contributed by atoms with Gasteiger partial charge in [0.25, 0.3) is 0 Å². The standard InChI is InChI=1S/C20H26ClNOS/c1-22(2)20(23)11-14-10-19(24-13-14)18-9-4-3-8-17(18)15-6-5-7-16(21)12-15/h5-7,10,12,14,17-18H,3-4,8-9,11,13H2,1-2H3. The highest BCUT2D eigenvalue weighted by Crippen LogP contribution is 2.48. The molecule has 0 saturated heterocycles. The number of nitrogens with zero attached hydrogens (tertiary/aromatic N) is 1. The van der Waals surface area contributed by atoms with Gasteiger partial charge in [0.05, 0.1) is 0 Å². The summed E-state index contributed by atoms with van der Waals surface area (Å²) in [5, 5.41) is 0.833. The quantitative estimate of drug-likeness (QED) is 0.719. The SMILES string of the molecule is CN(C)C(=O)CC1C=C(C2CCCCC2c2cccc(Cl)c2)SC1. The number of rotatable bonds is 4. The second kappa shape index (κ2) is 7.97. The van der Waals surface area contributed by atoms with Crippen LogP contribution in [0.25, 0.3) is 0 Å². The molecule has 3 rings (SSSR count). The summed E-state index contributed by atoms with van der Waals surface area (Å²) in [4.78, 5) is 15.2. The Morgan fingerprint density at radius 1 is 1.25 bits per heavy atom. The fourth-order valence-electron chi connectivity index (χ4n) is 3.89. The van der Waals surface area contributed by atoms with Crippen LogP contribution in [0.4, 0.5) is 0 Å². The molecule has 0 bridgehead atoms. The van der Waals surface area contributed by atoms with E-state index < -0.39 is 0 Å². The van der Waals surface area contributed by atoms with E-state index in [1.165, 1.54) is 36.2 Å². The molecule has 130 valence electrons. The summed E-state index contributed by atoms with van der Waals surface area (Å²) in [7, 11) is 3.68. The molecule has 0 radical (unpaired) electrons. The van der Waals surface area contributed by atoms with Crippen LogP contribution in [0.5, 0.6) is 0 Å². The van der Waals surface area contributed by atoms with E-state index >= 15 is 0 Å². The molecular formula is C20H26ClNOS. The molecule has 0 aromatic heterocycles. The Labute approximate surface area is 154 Å². The third-order valence-corrected chi connectivity index (χ3v) is 6.81. The molecule has 1 amide bonds. The second-order valence-corrected chi connectivity index (χ2v) is 8.71. The number of thioether (sulfide) groups is 1. The molecule has 1 saturated carbocycles. The number of carbonyl (C=O) groups excluding carboxylic acids is 1. The van der Waals surface area contributed by atoms with Crippen LogP contribution in [-0.4, -0.2) is 30.7 Å². The summed E-state index contributed by atoms with van der Waals surface area (Å²) in [6.45, 7) is 0. The molecule has 2 nitrogen and oxygen atoms in total. The van der Waals surface area contributed by atoms with Crippen molar-refractivity contribution in [3.8, 4) is 0 Å². The molecule has 2 aliphatic rings. The molecule has 1 heterocycles. The van der Waals surface area contributed by atoms with Crippen LogP contribution in [0.3, 0.4) is 0 Å². The van der Waals surface area contributed by atoms with Crippen molar-refractivity contribution in [2.45, 2.75) is 38.0 Å². The first-order valence-electron chi connectivity index (χ1n) is 8.84. The van der Waals surface area contributed by atoms with Crippen LogP contribution in [0.2, 0.25) is 5.02 Å². The Kier molecular flexibility index (Phi) is 5.93. The van der Waals surface area contributed by atoms with E-state index in [0.29, 0.717) is 24.2 Å². The van der Waals surface area contributed by atoms with Gasteiger partial charge in [-0.2, -0.15) is 0 Å². The first-order chi connectivity index (χ1) is 11.5. The molecule has 3 atom stereocenters. The van der Waals surface area contributed by atoms with Crippen LogP contribution in [-0.2, 0) is 4.79 Å². The van der Waals surface area contributed by atoms with Crippen LogP contribution in [0.1, 0.15) is 43.6 Å². The lowest BCUT2D eigenvalue weighted by Gasteiger charge is -2.32. The van der Waals surface area contributed by atoms with E-state index in [2.05, 4.69) is 24.3 Å². The van der Waals surface area contributed by atoms with Crippen molar-refractivity contribution >= 4 is 29.3 Å². The molecule has 3 unspecified atom stereocenters. The topological polar surface area (TPSA) is 20.3 Å². The highest BCUT2D eigenvalue weighted by atomic mass is 35.5. The highest BCUT2D eigenvalue weighted by molar-refractivity contribution is 8.03. The van der Waals surface area contributed by atoms with E-state index in [1.54, 1.807) is 4.90 Å². The Morgan fingerprint density at radius 2 is 2.00 bits per heavy atom. The van der Waals surface area contributed by atoms with E-state index in [-0.39, 0.29) is 5.91 Å². The summed E-state index contributed by atoms with van der Waals surface area (Å²) in [6, 6.07) is 8.38. The number of carbonyl (C=O) groups is 1. The molecule has 4 heteroatoms. The average molecular weight is 364 g/mol. The number of hydrogen-bond acceptors (Lipinski definition) is 2. The van der Waals surface area contributed by atoms with Gasteiger partial charge in [0.1, 0.15) is 0 Å². The first kappa shape index (κ1) is 17.9. The Morgan fingerprint density at radius 3 is 2.71 bits per heavy atom. The van der Waals surface area contributed by atoms with Crippen LogP contribution < -0.4 is 0 Å². The van der Waals surface area contributed by atoms with Crippen LogP contribution >= 0.6 is 23.4 Å². The van der Waals surface area contributed by atoms with Gasteiger partial charge in [0.15, 0.2) is 0 Å².